The highest BCUT2D eigenvalue weighted by Crippen LogP contribution is 2.30. The molecule has 0 heterocycles. The Morgan fingerprint density at radius 3 is 2.76 bits per heavy atom. The number of carbonyl (C=O) groups is 2. The topological polar surface area (TPSA) is 75.6 Å². The first-order valence-electron chi connectivity index (χ1n) is 6.50. The number of halogens is 2. The Hall–Kier alpha value is -1.02. The number of carboxylic acids is 1. The summed E-state index contributed by atoms with van der Waals surface area (Å²) in [6, 6.07) is 2.88. The maximum absolute atomic E-state index is 12.4. The minimum atomic E-state index is -0.870. The van der Waals surface area contributed by atoms with E-state index in [1.807, 2.05) is 0 Å². The molecule has 114 valence electrons. The molecule has 21 heavy (non-hydrogen) atoms. The third-order valence-electron chi connectivity index (χ3n) is 3.64. The third-order valence-corrected chi connectivity index (χ3v) is 5.16. The van der Waals surface area contributed by atoms with Crippen LogP contribution >= 0.6 is 34.2 Å². The fourth-order valence-electron chi connectivity index (χ4n) is 2.55. The van der Waals surface area contributed by atoms with Gasteiger partial charge in [0.1, 0.15) is 5.75 Å². The van der Waals surface area contributed by atoms with Crippen LogP contribution in [0.1, 0.15) is 29.6 Å². The summed E-state index contributed by atoms with van der Waals surface area (Å²) in [6.07, 6.45) is 2.06. The number of ether oxygens (including phenoxy) is 1. The fourth-order valence-corrected chi connectivity index (χ4v) is 3.15. The molecule has 2 rings (SSSR count). The number of nitrogens with one attached hydrogen (secondary N) is 1. The summed E-state index contributed by atoms with van der Waals surface area (Å²) in [4.78, 5) is 23.5. The predicted octanol–water partition coefficient (Wildman–Crippen LogP) is 2.94. The van der Waals surface area contributed by atoms with Crippen molar-refractivity contribution in [1.82, 2.24) is 5.32 Å². The van der Waals surface area contributed by atoms with Gasteiger partial charge in [0.15, 0.2) is 0 Å². The first-order chi connectivity index (χ1) is 9.93. The zero-order valence-corrected chi connectivity index (χ0v) is 14.3. The standard InChI is InChI=1S/C14H15ClINO4/c1-21-12-6-10(16)9(15)5-8(12)13(18)17-11-4-2-3-7(11)14(19)20/h5-7,11H,2-4H2,1H3,(H,17,18)(H,19,20). The molecule has 0 radical (unpaired) electrons. The van der Waals surface area contributed by atoms with E-state index in [1.165, 1.54) is 7.11 Å². The number of hydrogen-bond acceptors (Lipinski definition) is 3. The molecule has 0 saturated heterocycles. The lowest BCUT2D eigenvalue weighted by atomic mass is 10.0. The van der Waals surface area contributed by atoms with E-state index >= 15 is 0 Å². The van der Waals surface area contributed by atoms with Gasteiger partial charge in [0.25, 0.3) is 5.91 Å². The van der Waals surface area contributed by atoms with Crippen molar-refractivity contribution in [2.24, 2.45) is 5.92 Å². The molecule has 1 aromatic rings. The molecule has 1 saturated carbocycles. The summed E-state index contributed by atoms with van der Waals surface area (Å²) < 4.78 is 5.98. The summed E-state index contributed by atoms with van der Waals surface area (Å²) in [7, 11) is 1.48. The molecule has 1 amide bonds. The number of hydrogen-bond donors (Lipinski definition) is 2. The smallest absolute Gasteiger partial charge is 0.308 e. The average Bonchev–Trinajstić information content (AvgIpc) is 2.89. The predicted molar refractivity (Wildman–Crippen MR) is 87.0 cm³/mol. The first kappa shape index (κ1) is 16.4. The van der Waals surface area contributed by atoms with Crippen molar-refractivity contribution < 1.29 is 19.4 Å². The van der Waals surface area contributed by atoms with Gasteiger partial charge in [-0.1, -0.05) is 18.0 Å². The second kappa shape index (κ2) is 6.83. The molecule has 5 nitrogen and oxygen atoms in total. The highest BCUT2D eigenvalue weighted by atomic mass is 127. The second-order valence-corrected chi connectivity index (χ2v) is 6.49. The van der Waals surface area contributed by atoms with E-state index in [9.17, 15) is 9.59 Å². The maximum Gasteiger partial charge on any atom is 0.308 e. The van der Waals surface area contributed by atoms with E-state index in [4.69, 9.17) is 21.4 Å². The van der Waals surface area contributed by atoms with Crippen molar-refractivity contribution in [2.45, 2.75) is 25.3 Å². The van der Waals surface area contributed by atoms with Crippen LogP contribution in [0, 0.1) is 9.49 Å². The lowest BCUT2D eigenvalue weighted by Crippen LogP contribution is -2.40. The molecule has 1 aromatic carbocycles. The summed E-state index contributed by atoms with van der Waals surface area (Å²) in [5, 5.41) is 12.4. The molecule has 1 aliphatic rings. The Morgan fingerprint density at radius 2 is 2.14 bits per heavy atom. The lowest BCUT2D eigenvalue weighted by molar-refractivity contribution is -0.142. The summed E-state index contributed by atoms with van der Waals surface area (Å²) >= 11 is 8.10. The van der Waals surface area contributed by atoms with Gasteiger partial charge in [0.2, 0.25) is 0 Å². The van der Waals surface area contributed by atoms with Crippen LogP contribution in [-0.2, 0) is 4.79 Å². The van der Waals surface area contributed by atoms with Crippen LogP contribution in [-0.4, -0.2) is 30.1 Å². The molecule has 7 heteroatoms. The molecule has 0 aromatic heterocycles. The van der Waals surface area contributed by atoms with Gasteiger partial charge in [-0.3, -0.25) is 9.59 Å². The highest BCUT2D eigenvalue weighted by molar-refractivity contribution is 14.1. The summed E-state index contributed by atoms with van der Waals surface area (Å²) in [5.41, 5.74) is 0.318. The molecule has 0 spiro atoms. The zero-order chi connectivity index (χ0) is 15.6. The molecule has 1 aliphatic carbocycles. The number of aliphatic carboxylic acids is 1. The van der Waals surface area contributed by atoms with Crippen molar-refractivity contribution in [2.75, 3.05) is 7.11 Å². The quantitative estimate of drug-likeness (QED) is 0.730. The van der Waals surface area contributed by atoms with Crippen LogP contribution in [0.3, 0.4) is 0 Å². The van der Waals surface area contributed by atoms with Crippen LogP contribution in [0.15, 0.2) is 12.1 Å². The number of rotatable bonds is 4. The van der Waals surface area contributed by atoms with E-state index in [0.29, 0.717) is 29.2 Å². The van der Waals surface area contributed by atoms with Crippen molar-refractivity contribution in [3.05, 3.63) is 26.3 Å². The van der Waals surface area contributed by atoms with E-state index < -0.39 is 11.9 Å². The Kier molecular flexibility index (Phi) is 5.32. The monoisotopic (exact) mass is 423 g/mol. The van der Waals surface area contributed by atoms with E-state index in [-0.39, 0.29) is 11.9 Å². The summed E-state index contributed by atoms with van der Waals surface area (Å²) in [6.45, 7) is 0. The van der Waals surface area contributed by atoms with Crippen LogP contribution in [0.25, 0.3) is 0 Å². The fraction of sp³-hybridized carbons (Fsp3) is 0.429. The Morgan fingerprint density at radius 1 is 1.43 bits per heavy atom. The minimum absolute atomic E-state index is 0.318. The maximum atomic E-state index is 12.4. The number of benzene rings is 1. The molecular weight excluding hydrogens is 409 g/mol. The van der Waals surface area contributed by atoms with Crippen molar-refractivity contribution >= 4 is 46.1 Å². The number of methoxy groups -OCH3 is 1. The molecule has 1 fully saturated rings. The normalized spacial score (nSPS) is 21.1. The molecule has 0 aliphatic heterocycles. The summed E-state index contributed by atoms with van der Waals surface area (Å²) in [5.74, 6) is -1.33. The van der Waals surface area contributed by atoms with Crippen LogP contribution < -0.4 is 10.1 Å². The molecule has 0 bridgehead atoms. The Balaban J connectivity index is 2.20. The molecule has 2 unspecified atom stereocenters. The average molecular weight is 424 g/mol. The van der Waals surface area contributed by atoms with Gasteiger partial charge in [-0.2, -0.15) is 0 Å². The van der Waals surface area contributed by atoms with Gasteiger partial charge in [0, 0.05) is 9.61 Å². The van der Waals surface area contributed by atoms with Gasteiger partial charge in [-0.15, -0.1) is 0 Å². The van der Waals surface area contributed by atoms with Gasteiger partial charge >= 0.3 is 5.97 Å². The molecular formula is C14H15ClINO4. The Labute approximate surface area is 141 Å². The van der Waals surface area contributed by atoms with Gasteiger partial charge in [-0.05, 0) is 47.6 Å². The zero-order valence-electron chi connectivity index (χ0n) is 11.4. The van der Waals surface area contributed by atoms with Crippen molar-refractivity contribution in [3.63, 3.8) is 0 Å². The highest BCUT2D eigenvalue weighted by Gasteiger charge is 2.34. The van der Waals surface area contributed by atoms with Crippen molar-refractivity contribution in [3.8, 4) is 5.75 Å². The molecule has 2 N–H and O–H groups in total. The number of carbonyl (C=O) groups excluding carboxylic acids is 1. The SMILES string of the molecule is COc1cc(I)c(Cl)cc1C(=O)NC1CCCC1C(=O)O. The van der Waals surface area contributed by atoms with Crippen LogP contribution in [0.5, 0.6) is 5.75 Å². The van der Waals surface area contributed by atoms with E-state index in [0.717, 1.165) is 9.99 Å². The number of carboxylic acid groups (broad SMARTS) is 1. The van der Waals surface area contributed by atoms with Gasteiger partial charge in [0.05, 0.1) is 23.6 Å². The lowest BCUT2D eigenvalue weighted by Gasteiger charge is -2.18. The first-order valence-corrected chi connectivity index (χ1v) is 7.96. The van der Waals surface area contributed by atoms with Crippen molar-refractivity contribution in [1.29, 1.82) is 0 Å². The second-order valence-electron chi connectivity index (χ2n) is 4.92. The van der Waals surface area contributed by atoms with Gasteiger partial charge in [-0.25, -0.2) is 0 Å². The van der Waals surface area contributed by atoms with E-state index in [2.05, 4.69) is 27.9 Å². The minimum Gasteiger partial charge on any atom is -0.496 e. The van der Waals surface area contributed by atoms with Crippen LogP contribution in [0.2, 0.25) is 5.02 Å². The third kappa shape index (κ3) is 3.60. The number of amides is 1. The Bertz CT molecular complexity index is 578. The molecule has 2 atom stereocenters. The van der Waals surface area contributed by atoms with Gasteiger partial charge < -0.3 is 15.2 Å². The van der Waals surface area contributed by atoms with E-state index in [1.54, 1.807) is 12.1 Å². The van der Waals surface area contributed by atoms with Crippen LogP contribution in [0.4, 0.5) is 0 Å². The largest absolute Gasteiger partial charge is 0.496 e.